The van der Waals surface area contributed by atoms with Crippen LogP contribution in [0.5, 0.6) is 11.5 Å². The summed E-state index contributed by atoms with van der Waals surface area (Å²) in [6.07, 6.45) is 0.767. The molecule has 0 radical (unpaired) electrons. The number of halogens is 4. The normalized spacial score (nSPS) is 16.2. The average molecular weight is 550 g/mol. The lowest BCUT2D eigenvalue weighted by molar-refractivity contribution is -0.137. The van der Waals surface area contributed by atoms with Gasteiger partial charge in [0.05, 0.1) is 12.1 Å². The van der Waals surface area contributed by atoms with Crippen molar-refractivity contribution in [3.63, 3.8) is 0 Å². The van der Waals surface area contributed by atoms with Crippen molar-refractivity contribution < 1.29 is 33.0 Å². The molecule has 6 nitrogen and oxygen atoms in total. The van der Waals surface area contributed by atoms with E-state index >= 15 is 0 Å². The lowest BCUT2D eigenvalue weighted by Gasteiger charge is -2.24. The summed E-state index contributed by atoms with van der Waals surface area (Å²) in [5.74, 6) is -2.09. The molecule has 37 heavy (non-hydrogen) atoms. The zero-order chi connectivity index (χ0) is 26.9. The van der Waals surface area contributed by atoms with Gasteiger partial charge in [-0.25, -0.2) is 8.78 Å². The van der Waals surface area contributed by atoms with Crippen LogP contribution in [0.4, 0.5) is 8.78 Å². The van der Waals surface area contributed by atoms with E-state index in [0.717, 1.165) is 11.0 Å². The molecule has 0 spiro atoms. The van der Waals surface area contributed by atoms with Gasteiger partial charge in [-0.3, -0.25) is 9.59 Å². The number of nitrogens with zero attached hydrogens (tertiary/aromatic N) is 1. The molecule has 0 unspecified atom stereocenters. The van der Waals surface area contributed by atoms with E-state index in [2.05, 4.69) is 0 Å². The van der Waals surface area contributed by atoms with Gasteiger partial charge in [-0.15, -0.1) is 0 Å². The van der Waals surface area contributed by atoms with Crippen molar-refractivity contribution in [2.24, 2.45) is 0 Å². The Morgan fingerprint density at radius 2 is 1.86 bits per heavy atom. The van der Waals surface area contributed by atoms with Crippen LogP contribution in [0.25, 0.3) is 0 Å². The molecule has 0 aliphatic carbocycles. The second-order valence-electron chi connectivity index (χ2n) is 9.11. The maximum Gasteiger partial charge on any atom is 0.323 e. The van der Waals surface area contributed by atoms with Crippen LogP contribution >= 0.6 is 23.2 Å². The summed E-state index contributed by atoms with van der Waals surface area (Å²) in [5.41, 5.74) is 1.23. The van der Waals surface area contributed by atoms with Gasteiger partial charge in [0.1, 0.15) is 23.8 Å². The van der Waals surface area contributed by atoms with Gasteiger partial charge >= 0.3 is 5.97 Å². The fourth-order valence-corrected chi connectivity index (χ4v) is 4.79. The Kier molecular flexibility index (Phi) is 7.62. The molecular formula is C27H23Cl2F2NO5. The van der Waals surface area contributed by atoms with E-state index in [4.69, 9.17) is 32.7 Å². The largest absolute Gasteiger partial charge is 0.493 e. The number of aliphatic carboxylic acids is 1. The molecule has 3 aromatic rings. The number of fused-ring (bicyclic) bond motifs is 1. The summed E-state index contributed by atoms with van der Waals surface area (Å²) >= 11 is 11.9. The summed E-state index contributed by atoms with van der Waals surface area (Å²) in [7, 11) is 1.44. The van der Waals surface area contributed by atoms with Crippen LogP contribution in [0.15, 0.2) is 48.5 Å². The molecule has 1 heterocycles. The van der Waals surface area contributed by atoms with E-state index in [1.165, 1.54) is 37.4 Å². The van der Waals surface area contributed by atoms with E-state index in [1.54, 1.807) is 12.1 Å². The van der Waals surface area contributed by atoms with Gasteiger partial charge in [-0.05, 0) is 54.4 Å². The molecular weight excluding hydrogens is 527 g/mol. The predicted molar refractivity (Wildman–Crippen MR) is 135 cm³/mol. The second-order valence-corrected chi connectivity index (χ2v) is 9.93. The monoisotopic (exact) mass is 549 g/mol. The molecule has 3 aromatic carbocycles. The van der Waals surface area contributed by atoms with E-state index < -0.39 is 35.7 Å². The first kappa shape index (κ1) is 26.7. The molecule has 1 atom stereocenters. The number of carbonyl (C=O) groups is 2. The van der Waals surface area contributed by atoms with E-state index in [9.17, 15) is 23.5 Å². The van der Waals surface area contributed by atoms with Crippen LogP contribution in [0, 0.1) is 11.6 Å². The zero-order valence-corrected chi connectivity index (χ0v) is 21.5. The lowest BCUT2D eigenvalue weighted by Crippen LogP contribution is -2.35. The minimum absolute atomic E-state index is 0.0298. The highest BCUT2D eigenvalue weighted by atomic mass is 35.5. The molecule has 0 saturated heterocycles. The number of rotatable bonds is 8. The number of carbonyl (C=O) groups excluding carboxylic acids is 1. The molecule has 10 heteroatoms. The van der Waals surface area contributed by atoms with Gasteiger partial charge in [0.15, 0.2) is 11.5 Å². The maximum absolute atomic E-state index is 14.0. The van der Waals surface area contributed by atoms with Gasteiger partial charge in [-0.1, -0.05) is 35.3 Å². The third-order valence-corrected chi connectivity index (χ3v) is 6.72. The van der Waals surface area contributed by atoms with Crippen LogP contribution in [0.1, 0.15) is 34.0 Å². The third-order valence-electron chi connectivity index (χ3n) is 6.06. The van der Waals surface area contributed by atoms with E-state index in [1.807, 2.05) is 6.92 Å². The van der Waals surface area contributed by atoms with Crippen LogP contribution in [0.2, 0.25) is 10.0 Å². The second kappa shape index (κ2) is 10.6. The maximum atomic E-state index is 14.0. The topological polar surface area (TPSA) is 76.1 Å². The summed E-state index contributed by atoms with van der Waals surface area (Å²) in [5, 5.41) is 9.52. The molecule has 1 amide bonds. The predicted octanol–water partition coefficient (Wildman–Crippen LogP) is 5.94. The molecule has 0 fully saturated rings. The molecule has 1 aliphatic heterocycles. The molecule has 194 valence electrons. The molecule has 1 aliphatic rings. The highest BCUT2D eigenvalue weighted by molar-refractivity contribution is 6.31. The number of hydrogen-bond acceptors (Lipinski definition) is 4. The number of benzene rings is 3. The van der Waals surface area contributed by atoms with Gasteiger partial charge in [0.2, 0.25) is 0 Å². The number of carboxylic acid groups (broad SMARTS) is 1. The third kappa shape index (κ3) is 5.97. The molecule has 4 rings (SSSR count). The molecule has 0 saturated carbocycles. The summed E-state index contributed by atoms with van der Waals surface area (Å²) in [6, 6.07) is 11.4. The first-order valence-electron chi connectivity index (χ1n) is 11.3. The Morgan fingerprint density at radius 1 is 1.11 bits per heavy atom. The summed E-state index contributed by atoms with van der Waals surface area (Å²) < 4.78 is 39.1. The van der Waals surface area contributed by atoms with Crippen molar-refractivity contribution in [1.82, 2.24) is 4.90 Å². The Balaban J connectivity index is 1.62. The fourth-order valence-electron chi connectivity index (χ4n) is 4.45. The Morgan fingerprint density at radius 3 is 2.51 bits per heavy atom. The first-order valence-corrected chi connectivity index (χ1v) is 12.0. The number of ether oxygens (including phenoxy) is 2. The number of amides is 1. The fraction of sp³-hybridized carbons (Fsp3) is 0.259. The molecule has 0 aromatic heterocycles. The van der Waals surface area contributed by atoms with Crippen molar-refractivity contribution in [2.45, 2.75) is 31.9 Å². The van der Waals surface area contributed by atoms with E-state index in [-0.39, 0.29) is 22.2 Å². The zero-order valence-electron chi connectivity index (χ0n) is 20.0. The van der Waals surface area contributed by atoms with Crippen LogP contribution in [-0.2, 0) is 24.2 Å². The highest BCUT2D eigenvalue weighted by Crippen LogP contribution is 2.44. The van der Waals surface area contributed by atoms with Gasteiger partial charge in [0, 0.05) is 35.5 Å². The Bertz CT molecular complexity index is 1380. The minimum Gasteiger partial charge on any atom is -0.493 e. The first-order chi connectivity index (χ1) is 17.5. The average Bonchev–Trinajstić information content (AvgIpc) is 3.17. The van der Waals surface area contributed by atoms with Crippen LogP contribution in [0.3, 0.4) is 0 Å². The van der Waals surface area contributed by atoms with Crippen LogP contribution in [-0.4, -0.2) is 41.1 Å². The van der Waals surface area contributed by atoms with Gasteiger partial charge in [-0.2, -0.15) is 0 Å². The molecule has 0 bridgehead atoms. The van der Waals surface area contributed by atoms with Gasteiger partial charge in [0.25, 0.3) is 5.91 Å². The smallest absolute Gasteiger partial charge is 0.323 e. The van der Waals surface area contributed by atoms with E-state index in [0.29, 0.717) is 41.0 Å². The standard InChI is InChI=1S/C27H23Cl2F2NO5/c1-27(11-15-3-6-20(28)22(31)7-15)12-18-8-17(9-23(36-2)25(18)37-27)26(35)32(14-24(33)34)13-16-4-5-19(30)10-21(16)29/h3-10H,11-14H2,1-2H3,(H,33,34)/t27-/m0/s1. The summed E-state index contributed by atoms with van der Waals surface area (Å²) in [4.78, 5) is 26.1. The van der Waals surface area contributed by atoms with Crippen molar-refractivity contribution in [3.05, 3.63) is 92.5 Å². The van der Waals surface area contributed by atoms with Gasteiger partial charge < -0.3 is 19.5 Å². The lowest BCUT2D eigenvalue weighted by atomic mass is 9.91. The van der Waals surface area contributed by atoms with Crippen molar-refractivity contribution in [3.8, 4) is 11.5 Å². The van der Waals surface area contributed by atoms with Crippen LogP contribution < -0.4 is 9.47 Å². The summed E-state index contributed by atoms with van der Waals surface area (Å²) in [6.45, 7) is 1.13. The number of carboxylic acids is 1. The van der Waals surface area contributed by atoms with Crippen molar-refractivity contribution >= 4 is 35.1 Å². The Hall–Kier alpha value is -3.36. The highest BCUT2D eigenvalue weighted by Gasteiger charge is 2.38. The number of methoxy groups -OCH3 is 1. The SMILES string of the molecule is COc1cc(C(=O)N(CC(=O)O)Cc2ccc(F)cc2Cl)cc2c1O[C@@](C)(Cc1ccc(Cl)c(F)c1)C2. The van der Waals surface area contributed by atoms with Crippen molar-refractivity contribution in [2.75, 3.05) is 13.7 Å². The minimum atomic E-state index is -1.22. The van der Waals surface area contributed by atoms with Crippen molar-refractivity contribution in [1.29, 1.82) is 0 Å². The Labute approximate surface area is 222 Å². The number of hydrogen-bond donors (Lipinski definition) is 1. The molecule has 1 N–H and O–H groups in total. The quantitative estimate of drug-likeness (QED) is 0.376.